The first-order valence-electron chi connectivity index (χ1n) is 6.06. The van der Waals surface area contributed by atoms with Crippen LogP contribution >= 0.6 is 0 Å². The van der Waals surface area contributed by atoms with Gasteiger partial charge in [0.05, 0.1) is 5.69 Å². The van der Waals surface area contributed by atoms with Crippen molar-refractivity contribution < 1.29 is 0 Å². The molecule has 2 aromatic rings. The highest BCUT2D eigenvalue weighted by Crippen LogP contribution is 2.19. The van der Waals surface area contributed by atoms with E-state index in [-0.39, 0.29) is 5.56 Å². The van der Waals surface area contributed by atoms with Crippen LogP contribution in [0.25, 0.3) is 11.4 Å². The lowest BCUT2D eigenvalue weighted by atomic mass is 10.2. The van der Waals surface area contributed by atoms with Crippen LogP contribution in [0.4, 0.5) is 0 Å². The smallest absolute Gasteiger partial charge is 0.268 e. The fourth-order valence-electron chi connectivity index (χ4n) is 1.76. The van der Waals surface area contributed by atoms with E-state index in [0.717, 1.165) is 5.69 Å². The summed E-state index contributed by atoms with van der Waals surface area (Å²) in [7, 11) is 0. The third-order valence-electron chi connectivity index (χ3n) is 2.97. The second-order valence-corrected chi connectivity index (χ2v) is 4.48. The van der Waals surface area contributed by atoms with Gasteiger partial charge in [0, 0.05) is 24.3 Å². The van der Waals surface area contributed by atoms with E-state index in [1.54, 1.807) is 12.3 Å². The second-order valence-electron chi connectivity index (χ2n) is 4.48. The van der Waals surface area contributed by atoms with Gasteiger partial charge >= 0.3 is 0 Å². The van der Waals surface area contributed by atoms with Gasteiger partial charge in [0.2, 0.25) is 0 Å². The van der Waals surface area contributed by atoms with Crippen molar-refractivity contribution in [3.8, 4) is 11.4 Å². The highest BCUT2D eigenvalue weighted by molar-refractivity contribution is 5.53. The van der Waals surface area contributed by atoms with Gasteiger partial charge in [-0.15, -0.1) is 0 Å². The molecule has 0 spiro atoms. The highest BCUT2D eigenvalue weighted by atomic mass is 16.1. The number of aromatic nitrogens is 3. The lowest BCUT2D eigenvalue weighted by Gasteiger charge is -2.04. The van der Waals surface area contributed by atoms with Gasteiger partial charge in [0.25, 0.3) is 5.56 Å². The van der Waals surface area contributed by atoms with Crippen LogP contribution in [-0.4, -0.2) is 21.2 Å². The SMILES string of the molecule is O=c1[nH]nc(-c2ccccn2)cc1CNC1CC1. The largest absolute Gasteiger partial charge is 0.310 e. The van der Waals surface area contributed by atoms with Crippen molar-refractivity contribution in [3.63, 3.8) is 0 Å². The second kappa shape index (κ2) is 4.70. The molecule has 1 aliphatic carbocycles. The number of pyridine rings is 1. The molecule has 1 aliphatic rings. The number of rotatable bonds is 4. The summed E-state index contributed by atoms with van der Waals surface area (Å²) in [5.74, 6) is 0. The van der Waals surface area contributed by atoms with Crippen LogP contribution in [0.1, 0.15) is 18.4 Å². The molecular weight excluding hydrogens is 228 g/mol. The molecule has 5 heteroatoms. The summed E-state index contributed by atoms with van der Waals surface area (Å²) < 4.78 is 0. The van der Waals surface area contributed by atoms with E-state index in [2.05, 4.69) is 20.5 Å². The molecule has 18 heavy (non-hydrogen) atoms. The number of hydrogen-bond donors (Lipinski definition) is 2. The Labute approximate surface area is 104 Å². The number of nitrogens with one attached hydrogen (secondary N) is 2. The molecule has 0 amide bonds. The first kappa shape index (κ1) is 11.1. The zero-order valence-corrected chi connectivity index (χ0v) is 9.89. The van der Waals surface area contributed by atoms with Crippen molar-refractivity contribution >= 4 is 0 Å². The predicted octanol–water partition coefficient (Wildman–Crippen LogP) is 1.08. The molecule has 2 aromatic heterocycles. The number of aromatic amines is 1. The van der Waals surface area contributed by atoms with E-state index in [0.29, 0.717) is 23.8 Å². The van der Waals surface area contributed by atoms with Crippen molar-refractivity contribution in [2.75, 3.05) is 0 Å². The molecule has 0 bridgehead atoms. The average Bonchev–Trinajstić information content (AvgIpc) is 3.23. The zero-order valence-electron chi connectivity index (χ0n) is 9.89. The van der Waals surface area contributed by atoms with Crippen molar-refractivity contribution in [1.82, 2.24) is 20.5 Å². The Morgan fingerprint density at radius 3 is 2.94 bits per heavy atom. The molecule has 3 rings (SSSR count). The van der Waals surface area contributed by atoms with Gasteiger partial charge in [-0.3, -0.25) is 9.78 Å². The fraction of sp³-hybridized carbons (Fsp3) is 0.308. The monoisotopic (exact) mass is 242 g/mol. The van der Waals surface area contributed by atoms with Crippen LogP contribution in [0, 0.1) is 0 Å². The van der Waals surface area contributed by atoms with Gasteiger partial charge in [0.15, 0.2) is 0 Å². The van der Waals surface area contributed by atoms with Crippen molar-refractivity contribution in [1.29, 1.82) is 0 Å². The van der Waals surface area contributed by atoms with Crippen LogP contribution in [0.3, 0.4) is 0 Å². The Kier molecular flexibility index (Phi) is 2.90. The molecule has 2 heterocycles. The maximum absolute atomic E-state index is 11.7. The van der Waals surface area contributed by atoms with Crippen LogP contribution < -0.4 is 10.9 Å². The predicted molar refractivity (Wildman–Crippen MR) is 68.0 cm³/mol. The summed E-state index contributed by atoms with van der Waals surface area (Å²) in [6, 6.07) is 8.01. The lowest BCUT2D eigenvalue weighted by molar-refractivity contribution is 0.679. The van der Waals surface area contributed by atoms with Crippen molar-refractivity contribution in [3.05, 3.63) is 46.4 Å². The molecule has 92 valence electrons. The minimum Gasteiger partial charge on any atom is -0.310 e. The van der Waals surface area contributed by atoms with E-state index in [1.807, 2.05) is 18.2 Å². The van der Waals surface area contributed by atoms with Gasteiger partial charge in [-0.2, -0.15) is 5.10 Å². The van der Waals surface area contributed by atoms with Crippen molar-refractivity contribution in [2.45, 2.75) is 25.4 Å². The quantitative estimate of drug-likeness (QED) is 0.841. The molecule has 5 nitrogen and oxygen atoms in total. The van der Waals surface area contributed by atoms with E-state index in [9.17, 15) is 4.79 Å². The molecule has 0 radical (unpaired) electrons. The highest BCUT2D eigenvalue weighted by Gasteiger charge is 2.20. The van der Waals surface area contributed by atoms with E-state index in [1.165, 1.54) is 12.8 Å². The number of H-pyrrole nitrogens is 1. The van der Waals surface area contributed by atoms with Gasteiger partial charge in [-0.25, -0.2) is 5.10 Å². The molecule has 0 saturated heterocycles. The first-order valence-corrected chi connectivity index (χ1v) is 6.06. The number of nitrogens with zero attached hydrogens (tertiary/aromatic N) is 2. The summed E-state index contributed by atoms with van der Waals surface area (Å²) in [6.45, 7) is 0.586. The van der Waals surface area contributed by atoms with E-state index < -0.39 is 0 Å². The molecule has 2 N–H and O–H groups in total. The zero-order chi connectivity index (χ0) is 12.4. The lowest BCUT2D eigenvalue weighted by Crippen LogP contribution is -2.23. The minimum absolute atomic E-state index is 0.136. The topological polar surface area (TPSA) is 70.7 Å². The minimum atomic E-state index is -0.136. The number of hydrogen-bond acceptors (Lipinski definition) is 4. The molecule has 0 unspecified atom stereocenters. The van der Waals surface area contributed by atoms with Crippen LogP contribution in [0.5, 0.6) is 0 Å². The van der Waals surface area contributed by atoms with Crippen molar-refractivity contribution in [2.24, 2.45) is 0 Å². The van der Waals surface area contributed by atoms with Crippen LogP contribution in [-0.2, 0) is 6.54 Å². The van der Waals surface area contributed by atoms with Gasteiger partial charge in [-0.1, -0.05) is 6.07 Å². The maximum Gasteiger partial charge on any atom is 0.268 e. The maximum atomic E-state index is 11.7. The van der Waals surface area contributed by atoms with E-state index >= 15 is 0 Å². The Morgan fingerprint density at radius 2 is 2.22 bits per heavy atom. The Morgan fingerprint density at radius 1 is 1.33 bits per heavy atom. The Balaban J connectivity index is 1.87. The summed E-state index contributed by atoms with van der Waals surface area (Å²) in [5.41, 5.74) is 2.03. The Hall–Kier alpha value is -2.01. The molecule has 0 aliphatic heterocycles. The summed E-state index contributed by atoms with van der Waals surface area (Å²) >= 11 is 0. The summed E-state index contributed by atoms with van der Waals surface area (Å²) in [5, 5.41) is 9.87. The normalized spacial score (nSPS) is 14.7. The average molecular weight is 242 g/mol. The molecule has 0 aromatic carbocycles. The molecule has 0 atom stereocenters. The first-order chi connectivity index (χ1) is 8.83. The summed E-state index contributed by atoms with van der Waals surface area (Å²) in [4.78, 5) is 15.9. The van der Waals surface area contributed by atoms with Crippen LogP contribution in [0.2, 0.25) is 0 Å². The van der Waals surface area contributed by atoms with Gasteiger partial charge < -0.3 is 5.32 Å². The fourth-order valence-corrected chi connectivity index (χ4v) is 1.76. The molecule has 1 saturated carbocycles. The Bertz CT molecular complexity index is 589. The molecule has 1 fully saturated rings. The van der Waals surface area contributed by atoms with Gasteiger partial charge in [0.1, 0.15) is 5.69 Å². The van der Waals surface area contributed by atoms with Gasteiger partial charge in [-0.05, 0) is 31.0 Å². The third kappa shape index (κ3) is 2.46. The summed E-state index contributed by atoms with van der Waals surface area (Å²) in [6.07, 6.45) is 4.12. The van der Waals surface area contributed by atoms with Crippen LogP contribution in [0.15, 0.2) is 35.3 Å². The van der Waals surface area contributed by atoms with E-state index in [4.69, 9.17) is 0 Å². The molecular formula is C13H14N4O. The standard InChI is InChI=1S/C13H14N4O/c18-13-9(8-15-10-4-5-10)7-12(16-17-13)11-3-1-2-6-14-11/h1-3,6-7,10,15H,4-5,8H2,(H,17,18). The third-order valence-corrected chi connectivity index (χ3v) is 2.97.